The molecule has 1 aliphatic rings. The molecule has 0 spiro atoms. The van der Waals surface area contributed by atoms with Crippen molar-refractivity contribution >= 4 is 23.4 Å². The maximum Gasteiger partial charge on any atom is 0.320 e. The van der Waals surface area contributed by atoms with Crippen LogP contribution in [-0.4, -0.2) is 64.2 Å². The second kappa shape index (κ2) is 10.1. The molecule has 0 bridgehead atoms. The third-order valence-corrected chi connectivity index (χ3v) is 5.66. The minimum Gasteiger partial charge on any atom is -0.488 e. The molecular weight excluding hydrogens is 406 g/mol. The van der Waals surface area contributed by atoms with Gasteiger partial charge in [0.15, 0.2) is 0 Å². The average molecular weight is 436 g/mol. The zero-order valence-electron chi connectivity index (χ0n) is 17.7. The highest BCUT2D eigenvalue weighted by atomic mass is 35.5. The van der Waals surface area contributed by atoms with Crippen LogP contribution in [0.25, 0.3) is 0 Å². The Labute approximate surface area is 182 Å². The van der Waals surface area contributed by atoms with Crippen molar-refractivity contribution in [3.05, 3.63) is 40.5 Å². The van der Waals surface area contributed by atoms with Gasteiger partial charge in [-0.25, -0.2) is 4.79 Å². The number of likely N-dealkylation sites (tertiary alicyclic amines) is 1. The van der Waals surface area contributed by atoms with Crippen molar-refractivity contribution in [3.63, 3.8) is 0 Å². The van der Waals surface area contributed by atoms with E-state index in [0.717, 1.165) is 48.1 Å². The number of halogens is 1. The van der Waals surface area contributed by atoms with Crippen molar-refractivity contribution in [2.75, 3.05) is 31.6 Å². The highest BCUT2D eigenvalue weighted by Crippen LogP contribution is 2.24. The fourth-order valence-corrected chi connectivity index (χ4v) is 3.48. The Kier molecular flexibility index (Phi) is 7.58. The number of hydrogen-bond donors (Lipinski definition) is 3. The highest BCUT2D eigenvalue weighted by molar-refractivity contribution is 6.31. The lowest BCUT2D eigenvalue weighted by atomic mass is 10.1. The average Bonchev–Trinajstić information content (AvgIpc) is 3.04. The van der Waals surface area contributed by atoms with Gasteiger partial charge in [0.2, 0.25) is 0 Å². The Morgan fingerprint density at radius 1 is 1.40 bits per heavy atom. The van der Waals surface area contributed by atoms with Crippen LogP contribution in [0, 0.1) is 6.92 Å². The van der Waals surface area contributed by atoms with Gasteiger partial charge in [0.25, 0.3) is 0 Å². The smallest absolute Gasteiger partial charge is 0.320 e. The number of amides is 2. The summed E-state index contributed by atoms with van der Waals surface area (Å²) in [4.78, 5) is 14.5. The Bertz CT molecular complexity index is 866. The third-order valence-electron chi connectivity index (χ3n) is 5.24. The van der Waals surface area contributed by atoms with Crippen LogP contribution in [0.15, 0.2) is 24.3 Å². The second-order valence-electron chi connectivity index (χ2n) is 7.68. The molecular formula is C21H30ClN5O3. The number of nitrogens with zero attached hydrogens (tertiary/aromatic N) is 3. The number of aliphatic hydroxyl groups is 1. The topological polar surface area (TPSA) is 91.6 Å². The molecule has 0 aliphatic carbocycles. The van der Waals surface area contributed by atoms with Crippen molar-refractivity contribution in [3.8, 4) is 5.75 Å². The highest BCUT2D eigenvalue weighted by Gasteiger charge is 2.29. The molecule has 9 heteroatoms. The van der Waals surface area contributed by atoms with E-state index in [1.54, 1.807) is 11.7 Å². The number of rotatable bonds is 9. The van der Waals surface area contributed by atoms with Gasteiger partial charge in [-0.1, -0.05) is 18.5 Å². The number of ether oxygens (including phenoxy) is 1. The lowest BCUT2D eigenvalue weighted by Crippen LogP contribution is -2.55. The summed E-state index contributed by atoms with van der Waals surface area (Å²) < 4.78 is 7.60. The van der Waals surface area contributed by atoms with Gasteiger partial charge >= 0.3 is 6.03 Å². The summed E-state index contributed by atoms with van der Waals surface area (Å²) in [5.74, 6) is 1.45. The Morgan fingerprint density at radius 2 is 2.17 bits per heavy atom. The van der Waals surface area contributed by atoms with E-state index < -0.39 is 0 Å². The van der Waals surface area contributed by atoms with E-state index in [1.807, 2.05) is 38.1 Å². The van der Waals surface area contributed by atoms with Crippen LogP contribution in [0.2, 0.25) is 5.02 Å². The predicted molar refractivity (Wildman–Crippen MR) is 117 cm³/mol. The molecule has 3 rings (SSSR count). The monoisotopic (exact) mass is 435 g/mol. The van der Waals surface area contributed by atoms with Gasteiger partial charge in [-0.05, 0) is 43.5 Å². The fourth-order valence-electron chi connectivity index (χ4n) is 3.36. The van der Waals surface area contributed by atoms with Crippen LogP contribution in [0.4, 0.5) is 10.6 Å². The molecule has 2 heterocycles. The molecule has 1 aromatic heterocycles. The molecule has 0 unspecified atom stereocenters. The summed E-state index contributed by atoms with van der Waals surface area (Å²) in [7, 11) is 1.78. The molecule has 164 valence electrons. The van der Waals surface area contributed by atoms with E-state index in [2.05, 4.69) is 20.6 Å². The molecule has 1 fully saturated rings. The van der Waals surface area contributed by atoms with Gasteiger partial charge in [-0.2, -0.15) is 5.10 Å². The molecule has 2 aromatic rings. The van der Waals surface area contributed by atoms with Gasteiger partial charge in [-0.3, -0.25) is 14.9 Å². The normalized spacial score (nSPS) is 15.5. The van der Waals surface area contributed by atoms with Crippen LogP contribution in [0.5, 0.6) is 5.75 Å². The number of urea groups is 1. The zero-order valence-corrected chi connectivity index (χ0v) is 18.4. The third kappa shape index (κ3) is 5.87. The summed E-state index contributed by atoms with van der Waals surface area (Å²) in [6.07, 6.45) is 1.60. The van der Waals surface area contributed by atoms with Gasteiger partial charge < -0.3 is 15.2 Å². The number of aromatic nitrogens is 2. The predicted octanol–water partition coefficient (Wildman–Crippen LogP) is 2.58. The van der Waals surface area contributed by atoms with Crippen molar-refractivity contribution in [2.24, 2.45) is 7.05 Å². The first-order valence-electron chi connectivity index (χ1n) is 10.2. The molecule has 0 saturated carbocycles. The number of carbonyl (C=O) groups is 1. The van der Waals surface area contributed by atoms with Crippen molar-refractivity contribution in [1.29, 1.82) is 0 Å². The van der Waals surface area contributed by atoms with Crippen molar-refractivity contribution in [2.45, 2.75) is 38.8 Å². The summed E-state index contributed by atoms with van der Waals surface area (Å²) in [6, 6.07) is 6.86. The lowest BCUT2D eigenvalue weighted by molar-refractivity contribution is 0.0168. The zero-order chi connectivity index (χ0) is 21.7. The summed E-state index contributed by atoms with van der Waals surface area (Å²) in [6.45, 7) is 6.27. The number of carbonyl (C=O) groups excluding carboxylic acids is 1. The summed E-state index contributed by atoms with van der Waals surface area (Å²) >= 11 is 6.05. The van der Waals surface area contributed by atoms with Crippen LogP contribution in [-0.2, 0) is 13.5 Å². The minimum atomic E-state index is -0.345. The Hall–Kier alpha value is -2.29. The number of anilines is 1. The van der Waals surface area contributed by atoms with Gasteiger partial charge in [-0.15, -0.1) is 0 Å². The van der Waals surface area contributed by atoms with Crippen LogP contribution >= 0.6 is 11.6 Å². The van der Waals surface area contributed by atoms with Gasteiger partial charge in [0.1, 0.15) is 17.7 Å². The molecule has 2 amide bonds. The van der Waals surface area contributed by atoms with Crippen molar-refractivity contribution < 1.29 is 14.6 Å². The quantitative estimate of drug-likeness (QED) is 0.563. The number of nitrogens with one attached hydrogen (secondary N) is 2. The molecule has 0 radical (unpaired) electrons. The summed E-state index contributed by atoms with van der Waals surface area (Å²) in [5, 5.41) is 20.3. The molecule has 8 nitrogen and oxygen atoms in total. The van der Waals surface area contributed by atoms with E-state index in [-0.39, 0.29) is 24.8 Å². The number of hydrogen-bond acceptors (Lipinski definition) is 5. The maximum absolute atomic E-state index is 12.2. The molecule has 30 heavy (non-hydrogen) atoms. The second-order valence-corrected chi connectivity index (χ2v) is 8.08. The van der Waals surface area contributed by atoms with E-state index in [1.165, 1.54) is 0 Å². The molecule has 3 N–H and O–H groups in total. The van der Waals surface area contributed by atoms with Crippen LogP contribution in [0.3, 0.4) is 0 Å². The summed E-state index contributed by atoms with van der Waals surface area (Å²) in [5.41, 5.74) is 1.91. The van der Waals surface area contributed by atoms with E-state index in [9.17, 15) is 9.90 Å². The first-order valence-corrected chi connectivity index (χ1v) is 10.6. The van der Waals surface area contributed by atoms with E-state index in [0.29, 0.717) is 12.2 Å². The fraction of sp³-hybridized carbons (Fsp3) is 0.524. The molecule has 1 atom stereocenters. The van der Waals surface area contributed by atoms with E-state index >= 15 is 0 Å². The van der Waals surface area contributed by atoms with Gasteiger partial charge in [0.05, 0.1) is 18.3 Å². The number of benzene rings is 1. The Balaban J connectivity index is 1.38. The Morgan fingerprint density at radius 3 is 2.80 bits per heavy atom. The molecule has 1 aromatic carbocycles. The number of aryl methyl sites for hydroxylation is 3. The molecule has 1 aliphatic heterocycles. The first kappa shape index (κ1) is 22.4. The van der Waals surface area contributed by atoms with Gasteiger partial charge in [0, 0.05) is 37.8 Å². The minimum absolute atomic E-state index is 0.114. The molecule has 1 saturated heterocycles. The SMILES string of the molecule is CCc1cc(NC(=O)N[C@H](CO)CCN2CC(Oc3ccc(Cl)c(C)c3)C2)n(C)n1. The first-order chi connectivity index (χ1) is 14.4. The standard InChI is InChI=1S/C21H30ClN5O3/c1-4-15-10-20(26(3)25-15)24-21(29)23-16(13-28)7-8-27-11-18(12-27)30-17-5-6-19(22)14(2)9-17/h5-6,9-10,16,18,28H,4,7-8,11-13H2,1-3H3,(H2,23,24,29)/t16-/m0/s1. The van der Waals surface area contributed by atoms with Crippen LogP contribution in [0.1, 0.15) is 24.6 Å². The van der Waals surface area contributed by atoms with Crippen molar-refractivity contribution in [1.82, 2.24) is 20.0 Å². The lowest BCUT2D eigenvalue weighted by Gasteiger charge is -2.39. The number of aliphatic hydroxyl groups excluding tert-OH is 1. The van der Waals surface area contributed by atoms with Crippen LogP contribution < -0.4 is 15.4 Å². The largest absolute Gasteiger partial charge is 0.488 e. The maximum atomic E-state index is 12.2. The van der Waals surface area contributed by atoms with E-state index in [4.69, 9.17) is 16.3 Å².